The standard InChI is InChI=1S/C35H33N3O4S/c1-40-26-18-16-25(17-19-26)29-20-31(28-13-9-15-32(41-2)35(28)42-3)38(36-29)34(39)23-43-33-22-37(21-24-10-5-4-6-11-24)30-14-8-7-12-27(30)33/h4-19,22,31H,20-21,23H2,1-3H3. The number of ether oxygens (including phenoxy) is 3. The maximum atomic E-state index is 14.0. The molecule has 2 heterocycles. The second-order valence-electron chi connectivity index (χ2n) is 10.2. The van der Waals surface area contributed by atoms with Crippen molar-refractivity contribution in [1.82, 2.24) is 9.58 Å². The van der Waals surface area contributed by atoms with Gasteiger partial charge >= 0.3 is 0 Å². The molecule has 7 nitrogen and oxygen atoms in total. The summed E-state index contributed by atoms with van der Waals surface area (Å²) in [5, 5.41) is 7.63. The molecular formula is C35H33N3O4S. The van der Waals surface area contributed by atoms with Crippen LogP contribution in [0.25, 0.3) is 10.9 Å². The van der Waals surface area contributed by atoms with E-state index in [0.29, 0.717) is 17.9 Å². The van der Waals surface area contributed by atoms with E-state index >= 15 is 0 Å². The van der Waals surface area contributed by atoms with Crippen LogP contribution in [0.1, 0.15) is 29.2 Å². The van der Waals surface area contributed by atoms with Crippen LogP contribution in [0, 0.1) is 0 Å². The molecule has 4 aromatic carbocycles. The third-order valence-corrected chi connectivity index (χ3v) is 8.71. The van der Waals surface area contributed by atoms with Crippen molar-refractivity contribution in [2.75, 3.05) is 27.1 Å². The van der Waals surface area contributed by atoms with E-state index in [1.165, 1.54) is 17.3 Å². The SMILES string of the molecule is COc1ccc(C2=NN(C(=O)CSc3cn(Cc4ccccc4)c4ccccc34)C(c3cccc(OC)c3OC)C2)cc1. The maximum Gasteiger partial charge on any atom is 0.253 e. The van der Waals surface area contributed by atoms with Gasteiger partial charge in [-0.3, -0.25) is 4.79 Å². The Labute approximate surface area is 255 Å². The summed E-state index contributed by atoms with van der Waals surface area (Å²) in [6.45, 7) is 0.759. The number of carbonyl (C=O) groups is 1. The lowest BCUT2D eigenvalue weighted by molar-refractivity contribution is -0.130. The van der Waals surface area contributed by atoms with Crippen molar-refractivity contribution in [1.29, 1.82) is 0 Å². The Morgan fingerprint density at radius 2 is 1.63 bits per heavy atom. The number of rotatable bonds is 10. The molecule has 43 heavy (non-hydrogen) atoms. The van der Waals surface area contributed by atoms with E-state index in [0.717, 1.165) is 44.9 Å². The number of methoxy groups -OCH3 is 3. The second kappa shape index (κ2) is 12.7. The summed E-state index contributed by atoms with van der Waals surface area (Å²) in [5.41, 5.74) is 4.99. The van der Waals surface area contributed by atoms with Gasteiger partial charge in [0.2, 0.25) is 0 Å². The van der Waals surface area contributed by atoms with Crippen molar-refractivity contribution in [3.8, 4) is 17.2 Å². The number of carbonyl (C=O) groups excluding carboxylic acids is 1. The lowest BCUT2D eigenvalue weighted by Crippen LogP contribution is -2.28. The van der Waals surface area contributed by atoms with Crippen LogP contribution in [0.3, 0.4) is 0 Å². The van der Waals surface area contributed by atoms with Crippen LogP contribution in [-0.2, 0) is 11.3 Å². The van der Waals surface area contributed by atoms with Crippen LogP contribution in [0.2, 0.25) is 0 Å². The molecule has 1 aromatic heterocycles. The van der Waals surface area contributed by atoms with Crippen LogP contribution < -0.4 is 14.2 Å². The molecule has 0 bridgehead atoms. The van der Waals surface area contributed by atoms with Gasteiger partial charge < -0.3 is 18.8 Å². The van der Waals surface area contributed by atoms with Crippen molar-refractivity contribution < 1.29 is 19.0 Å². The molecule has 0 fully saturated rings. The number of fused-ring (bicyclic) bond motifs is 1. The van der Waals surface area contributed by atoms with Gasteiger partial charge in [-0.25, -0.2) is 5.01 Å². The van der Waals surface area contributed by atoms with Crippen molar-refractivity contribution in [2.45, 2.75) is 23.9 Å². The van der Waals surface area contributed by atoms with Crippen LogP contribution in [0.15, 0.2) is 113 Å². The van der Waals surface area contributed by atoms with Gasteiger partial charge in [0, 0.05) is 40.5 Å². The Hall–Kier alpha value is -4.69. The molecule has 0 saturated heterocycles. The first-order valence-corrected chi connectivity index (χ1v) is 15.1. The molecule has 1 aliphatic heterocycles. The summed E-state index contributed by atoms with van der Waals surface area (Å²) in [5.74, 6) is 2.15. The maximum absolute atomic E-state index is 14.0. The smallest absolute Gasteiger partial charge is 0.253 e. The Balaban J connectivity index is 1.30. The number of aromatic nitrogens is 1. The lowest BCUT2D eigenvalue weighted by Gasteiger charge is -2.24. The zero-order valence-electron chi connectivity index (χ0n) is 24.4. The normalized spacial score (nSPS) is 14.5. The first kappa shape index (κ1) is 28.4. The number of benzene rings is 4. The lowest BCUT2D eigenvalue weighted by atomic mass is 9.97. The van der Waals surface area contributed by atoms with E-state index in [-0.39, 0.29) is 17.7 Å². The van der Waals surface area contributed by atoms with Gasteiger partial charge in [-0.05, 0) is 47.5 Å². The molecule has 5 aromatic rings. The zero-order valence-corrected chi connectivity index (χ0v) is 25.2. The van der Waals surface area contributed by atoms with Gasteiger partial charge in [0.25, 0.3) is 5.91 Å². The van der Waals surface area contributed by atoms with Crippen molar-refractivity contribution >= 4 is 34.3 Å². The Bertz CT molecular complexity index is 1770. The van der Waals surface area contributed by atoms with Gasteiger partial charge in [0.05, 0.1) is 38.8 Å². The van der Waals surface area contributed by atoms with Crippen molar-refractivity contribution in [2.24, 2.45) is 5.10 Å². The highest BCUT2D eigenvalue weighted by Gasteiger charge is 2.35. The summed E-state index contributed by atoms with van der Waals surface area (Å²) in [4.78, 5) is 15.0. The van der Waals surface area contributed by atoms with Crippen LogP contribution in [0.4, 0.5) is 0 Å². The molecule has 0 radical (unpaired) electrons. The predicted octanol–water partition coefficient (Wildman–Crippen LogP) is 7.19. The van der Waals surface area contributed by atoms with Gasteiger partial charge in [0.1, 0.15) is 5.75 Å². The number of hydrogen-bond donors (Lipinski definition) is 0. The van der Waals surface area contributed by atoms with E-state index in [4.69, 9.17) is 19.3 Å². The van der Waals surface area contributed by atoms with Crippen LogP contribution >= 0.6 is 11.8 Å². The summed E-state index contributed by atoms with van der Waals surface area (Å²) in [6, 6.07) is 31.9. The first-order chi connectivity index (χ1) is 21.1. The summed E-state index contributed by atoms with van der Waals surface area (Å²) in [7, 11) is 4.88. The summed E-state index contributed by atoms with van der Waals surface area (Å²) in [6.07, 6.45) is 2.69. The fourth-order valence-electron chi connectivity index (χ4n) is 5.56. The molecule has 1 unspecified atom stereocenters. The molecule has 1 atom stereocenters. The molecule has 0 aliphatic carbocycles. The highest BCUT2D eigenvalue weighted by atomic mass is 32.2. The number of amides is 1. The number of para-hydroxylation sites is 2. The fraction of sp³-hybridized carbons (Fsp3) is 0.200. The molecule has 0 N–H and O–H groups in total. The largest absolute Gasteiger partial charge is 0.497 e. The zero-order chi connectivity index (χ0) is 29.8. The van der Waals surface area contributed by atoms with Gasteiger partial charge in [-0.15, -0.1) is 11.8 Å². The monoisotopic (exact) mass is 591 g/mol. The number of thioether (sulfide) groups is 1. The average Bonchev–Trinajstić information content (AvgIpc) is 3.66. The van der Waals surface area contributed by atoms with Crippen molar-refractivity contribution in [3.63, 3.8) is 0 Å². The molecule has 6 rings (SSSR count). The molecular weight excluding hydrogens is 558 g/mol. The second-order valence-corrected chi connectivity index (χ2v) is 11.2. The number of nitrogens with zero attached hydrogens (tertiary/aromatic N) is 3. The van der Waals surface area contributed by atoms with E-state index in [9.17, 15) is 4.79 Å². The number of hydrazone groups is 1. The van der Waals surface area contributed by atoms with E-state index in [1.54, 1.807) is 26.3 Å². The summed E-state index contributed by atoms with van der Waals surface area (Å²) < 4.78 is 18.9. The van der Waals surface area contributed by atoms with Gasteiger partial charge in [0.15, 0.2) is 11.5 Å². The van der Waals surface area contributed by atoms with Crippen LogP contribution in [-0.4, -0.2) is 48.3 Å². The quantitative estimate of drug-likeness (QED) is 0.161. The highest BCUT2D eigenvalue weighted by molar-refractivity contribution is 8.00. The molecule has 1 amide bonds. The predicted molar refractivity (Wildman–Crippen MR) is 171 cm³/mol. The summed E-state index contributed by atoms with van der Waals surface area (Å²) >= 11 is 1.54. The fourth-order valence-corrected chi connectivity index (χ4v) is 6.50. The van der Waals surface area contributed by atoms with E-state index in [2.05, 4.69) is 53.2 Å². The minimum Gasteiger partial charge on any atom is -0.497 e. The highest BCUT2D eigenvalue weighted by Crippen LogP contribution is 2.42. The first-order valence-electron chi connectivity index (χ1n) is 14.1. The average molecular weight is 592 g/mol. The Kier molecular flexibility index (Phi) is 8.38. The van der Waals surface area contributed by atoms with E-state index < -0.39 is 0 Å². The van der Waals surface area contributed by atoms with Gasteiger partial charge in [-0.2, -0.15) is 5.10 Å². The van der Waals surface area contributed by atoms with E-state index in [1.807, 2.05) is 54.6 Å². The number of hydrogen-bond acceptors (Lipinski definition) is 6. The Morgan fingerprint density at radius 3 is 2.37 bits per heavy atom. The van der Waals surface area contributed by atoms with Gasteiger partial charge in [-0.1, -0.05) is 60.7 Å². The van der Waals surface area contributed by atoms with Crippen molar-refractivity contribution in [3.05, 3.63) is 120 Å². The third-order valence-electron chi connectivity index (χ3n) is 7.68. The van der Waals surface area contributed by atoms with Crippen LogP contribution in [0.5, 0.6) is 17.2 Å². The minimum absolute atomic E-state index is 0.0803. The molecule has 0 spiro atoms. The third kappa shape index (κ3) is 5.83. The minimum atomic E-state index is -0.338. The molecule has 8 heteroatoms. The molecule has 0 saturated carbocycles. The Morgan fingerprint density at radius 1 is 0.860 bits per heavy atom. The topological polar surface area (TPSA) is 65.3 Å². The molecule has 218 valence electrons. The molecule has 1 aliphatic rings.